The van der Waals surface area contributed by atoms with E-state index in [0.29, 0.717) is 28.9 Å². The molecule has 0 radical (unpaired) electrons. The van der Waals surface area contributed by atoms with Crippen LogP contribution in [0.5, 0.6) is 0 Å². The van der Waals surface area contributed by atoms with Gasteiger partial charge in [0.2, 0.25) is 11.8 Å². The molecular formula is C30H32F3N3O8S. The minimum Gasteiger partial charge on any atom is -0.480 e. The van der Waals surface area contributed by atoms with Gasteiger partial charge in [-0.05, 0) is 51.2 Å². The van der Waals surface area contributed by atoms with Crippen LogP contribution in [0.1, 0.15) is 64.0 Å². The molecule has 242 valence electrons. The summed E-state index contributed by atoms with van der Waals surface area (Å²) in [4.78, 5) is 58.7. The van der Waals surface area contributed by atoms with Gasteiger partial charge in [-0.25, -0.2) is 24.3 Å². The molecule has 1 aromatic heterocycles. The SMILES string of the molecule is CC1=C(c2ncco2)SC2C1C(=O)N(C(C)(C)C(=O)O)C(=O)N2C[C@H](OC1CCCC(OC(=O)C(F)(F)F)C1)c1ccccc1. The number of alkyl halides is 3. The summed E-state index contributed by atoms with van der Waals surface area (Å²) in [6.07, 6.45) is -3.53. The first kappa shape index (κ1) is 32.5. The number of carboxylic acid groups (broad SMARTS) is 1. The van der Waals surface area contributed by atoms with E-state index in [1.54, 1.807) is 37.3 Å². The zero-order valence-electron chi connectivity index (χ0n) is 24.7. The number of imide groups is 1. The summed E-state index contributed by atoms with van der Waals surface area (Å²) in [6, 6.07) is 8.03. The summed E-state index contributed by atoms with van der Waals surface area (Å²) in [5, 5.41) is 9.22. The van der Waals surface area contributed by atoms with Gasteiger partial charge in [0, 0.05) is 6.42 Å². The number of carbonyl (C=O) groups excluding carboxylic acids is 3. The van der Waals surface area contributed by atoms with Gasteiger partial charge < -0.3 is 23.9 Å². The highest BCUT2D eigenvalue weighted by molar-refractivity contribution is 8.09. The van der Waals surface area contributed by atoms with Crippen LogP contribution in [-0.2, 0) is 23.9 Å². The van der Waals surface area contributed by atoms with Crippen LogP contribution in [0.4, 0.5) is 18.0 Å². The number of esters is 1. The lowest BCUT2D eigenvalue weighted by atomic mass is 9.91. The number of amides is 3. The standard InChI is InChI=1S/C30H32F3N3O8S/c1-16-21-24(37)36(29(2,3)26(38)39)28(41)35(25(21)45-22(16)23-34-12-13-42-23)15-20(17-8-5-4-6-9-17)43-18-10-7-11-19(14-18)44-27(40)30(31,32)33/h4-6,8-9,12-13,18-21,25H,7,10-11,14-15H2,1-3H3,(H,38,39)/t18?,19?,20-,21?,25?/m0/s1. The lowest BCUT2D eigenvalue weighted by Gasteiger charge is -2.47. The molecule has 15 heteroatoms. The Kier molecular flexibility index (Phi) is 9.04. The van der Waals surface area contributed by atoms with E-state index >= 15 is 0 Å². The van der Waals surface area contributed by atoms with Crippen molar-refractivity contribution >= 4 is 40.5 Å². The third-order valence-electron chi connectivity index (χ3n) is 8.26. The smallest absolute Gasteiger partial charge is 0.480 e. The number of hydrogen-bond acceptors (Lipinski definition) is 9. The maximum atomic E-state index is 14.1. The molecule has 1 aliphatic carbocycles. The van der Waals surface area contributed by atoms with Crippen molar-refractivity contribution in [2.45, 2.75) is 81.9 Å². The van der Waals surface area contributed by atoms with Crippen LogP contribution in [0, 0.1) is 5.92 Å². The van der Waals surface area contributed by atoms with Crippen molar-refractivity contribution in [3.8, 4) is 0 Å². The molecule has 2 fully saturated rings. The number of rotatable bonds is 9. The maximum Gasteiger partial charge on any atom is 0.490 e. The van der Waals surface area contributed by atoms with Crippen LogP contribution in [0.25, 0.3) is 4.91 Å². The fourth-order valence-corrected chi connectivity index (χ4v) is 7.38. The normalized spacial score (nSPS) is 24.9. The number of aliphatic carboxylic acids is 1. The zero-order chi connectivity index (χ0) is 32.7. The second-order valence-electron chi connectivity index (χ2n) is 11.7. The topological polar surface area (TPSA) is 139 Å². The molecular weight excluding hydrogens is 619 g/mol. The maximum absolute atomic E-state index is 14.1. The van der Waals surface area contributed by atoms with Crippen LogP contribution in [0.2, 0.25) is 0 Å². The number of aromatic nitrogens is 1. The van der Waals surface area contributed by atoms with Crippen molar-refractivity contribution in [3.05, 3.63) is 59.8 Å². The number of thioether (sulfide) groups is 1. The largest absolute Gasteiger partial charge is 0.490 e. The number of hydrogen-bond donors (Lipinski definition) is 1. The van der Waals surface area contributed by atoms with Crippen LogP contribution in [-0.4, -0.2) is 79.6 Å². The van der Waals surface area contributed by atoms with Gasteiger partial charge in [0.15, 0.2) is 0 Å². The van der Waals surface area contributed by atoms with E-state index in [4.69, 9.17) is 13.9 Å². The molecule has 3 heterocycles. The summed E-state index contributed by atoms with van der Waals surface area (Å²) < 4.78 is 55.2. The van der Waals surface area contributed by atoms with E-state index in [2.05, 4.69) is 4.98 Å². The Hall–Kier alpha value is -3.85. The number of ether oxygens (including phenoxy) is 2. The number of oxazole rings is 1. The molecule has 1 saturated carbocycles. The first-order valence-corrected chi connectivity index (χ1v) is 15.2. The van der Waals surface area contributed by atoms with Gasteiger partial charge in [-0.2, -0.15) is 13.2 Å². The average Bonchev–Trinajstić information content (AvgIpc) is 3.63. The van der Waals surface area contributed by atoms with Gasteiger partial charge in [-0.3, -0.25) is 4.79 Å². The van der Waals surface area contributed by atoms with Crippen molar-refractivity contribution in [1.29, 1.82) is 0 Å². The quantitative estimate of drug-likeness (QED) is 0.351. The van der Waals surface area contributed by atoms with Crippen LogP contribution in [0.15, 0.2) is 52.8 Å². The molecule has 3 amide bonds. The van der Waals surface area contributed by atoms with Crippen LogP contribution in [0.3, 0.4) is 0 Å². The molecule has 5 atom stereocenters. The number of carbonyl (C=O) groups is 4. The number of carboxylic acids is 1. The van der Waals surface area contributed by atoms with Crippen molar-refractivity contribution in [3.63, 3.8) is 0 Å². The molecule has 1 aromatic carbocycles. The van der Waals surface area contributed by atoms with E-state index in [0.717, 1.165) is 4.90 Å². The second kappa shape index (κ2) is 12.5. The van der Waals surface area contributed by atoms with E-state index in [1.165, 1.54) is 43.0 Å². The highest BCUT2D eigenvalue weighted by Crippen LogP contribution is 2.52. The van der Waals surface area contributed by atoms with Gasteiger partial charge in [0.1, 0.15) is 24.0 Å². The number of urea groups is 1. The minimum absolute atomic E-state index is 0.0194. The van der Waals surface area contributed by atoms with Crippen molar-refractivity contribution < 1.29 is 51.3 Å². The molecule has 4 unspecified atom stereocenters. The molecule has 1 N–H and O–H groups in total. The Morgan fingerprint density at radius 3 is 2.47 bits per heavy atom. The number of nitrogens with zero attached hydrogens (tertiary/aromatic N) is 3. The molecule has 2 aliphatic heterocycles. The summed E-state index contributed by atoms with van der Waals surface area (Å²) in [5.41, 5.74) is -0.673. The molecule has 45 heavy (non-hydrogen) atoms. The Morgan fingerprint density at radius 2 is 1.84 bits per heavy atom. The lowest BCUT2D eigenvalue weighted by Crippen LogP contribution is -2.67. The highest BCUT2D eigenvalue weighted by atomic mass is 32.2. The van der Waals surface area contributed by atoms with Gasteiger partial charge in [0.05, 0.1) is 35.0 Å². The van der Waals surface area contributed by atoms with E-state index in [9.17, 15) is 37.5 Å². The molecule has 2 aromatic rings. The van der Waals surface area contributed by atoms with Gasteiger partial charge in [0.25, 0.3) is 0 Å². The van der Waals surface area contributed by atoms with Crippen molar-refractivity contribution in [1.82, 2.24) is 14.8 Å². The fraction of sp³-hybridized carbons (Fsp3) is 0.500. The number of halogens is 3. The summed E-state index contributed by atoms with van der Waals surface area (Å²) >= 11 is 1.20. The zero-order valence-corrected chi connectivity index (χ0v) is 25.5. The Bertz CT molecular complexity index is 1480. The third kappa shape index (κ3) is 6.45. The summed E-state index contributed by atoms with van der Waals surface area (Å²) in [6.45, 7) is 4.14. The monoisotopic (exact) mass is 651 g/mol. The molecule has 0 bridgehead atoms. The Morgan fingerprint density at radius 1 is 1.16 bits per heavy atom. The van der Waals surface area contributed by atoms with Crippen LogP contribution < -0.4 is 0 Å². The van der Waals surface area contributed by atoms with E-state index < -0.39 is 65.2 Å². The predicted molar refractivity (Wildman–Crippen MR) is 153 cm³/mol. The predicted octanol–water partition coefficient (Wildman–Crippen LogP) is 5.40. The highest BCUT2D eigenvalue weighted by Gasteiger charge is 2.57. The minimum atomic E-state index is -5.12. The number of fused-ring (bicyclic) bond motifs is 1. The first-order valence-electron chi connectivity index (χ1n) is 14.3. The molecule has 0 spiro atoms. The lowest BCUT2D eigenvalue weighted by molar-refractivity contribution is -0.208. The molecule has 5 rings (SSSR count). The van der Waals surface area contributed by atoms with Crippen LogP contribution >= 0.6 is 11.8 Å². The first-order chi connectivity index (χ1) is 21.2. The summed E-state index contributed by atoms with van der Waals surface area (Å²) in [5.74, 6) is -4.95. The molecule has 3 aliphatic rings. The van der Waals surface area contributed by atoms with Gasteiger partial charge in [-0.15, -0.1) is 0 Å². The molecule has 11 nitrogen and oxygen atoms in total. The fourth-order valence-electron chi connectivity index (χ4n) is 5.86. The average molecular weight is 652 g/mol. The van der Waals surface area contributed by atoms with E-state index in [-0.39, 0.29) is 25.3 Å². The number of benzene rings is 1. The third-order valence-corrected chi connectivity index (χ3v) is 9.76. The Labute approximate surface area is 260 Å². The van der Waals surface area contributed by atoms with Crippen molar-refractivity contribution in [2.24, 2.45) is 5.92 Å². The summed E-state index contributed by atoms with van der Waals surface area (Å²) in [7, 11) is 0. The Balaban J connectivity index is 1.47. The van der Waals surface area contributed by atoms with Crippen molar-refractivity contribution in [2.75, 3.05) is 6.54 Å². The van der Waals surface area contributed by atoms with Gasteiger partial charge >= 0.3 is 24.1 Å². The second-order valence-corrected chi connectivity index (χ2v) is 12.8. The van der Waals surface area contributed by atoms with E-state index in [1.807, 2.05) is 0 Å². The molecule has 1 saturated heterocycles. The van der Waals surface area contributed by atoms with Gasteiger partial charge in [-0.1, -0.05) is 42.1 Å².